The smallest absolute Gasteiger partial charge is 0.224 e. The Bertz CT molecular complexity index is 795. The molecule has 0 aliphatic carbocycles. The van der Waals surface area contributed by atoms with Gasteiger partial charge in [-0.15, -0.1) is 10.2 Å². The zero-order valence-corrected chi connectivity index (χ0v) is 13.9. The highest BCUT2D eigenvalue weighted by Gasteiger charge is 2.09. The van der Waals surface area contributed by atoms with Crippen LogP contribution in [0.5, 0.6) is 0 Å². The second-order valence-electron chi connectivity index (χ2n) is 5.55. The normalized spacial score (nSPS) is 10.8. The molecule has 0 fully saturated rings. The van der Waals surface area contributed by atoms with Gasteiger partial charge in [0, 0.05) is 6.54 Å². The van der Waals surface area contributed by atoms with Crippen LogP contribution in [0, 0.1) is 0 Å². The number of hydrogen-bond acceptors (Lipinski definition) is 7. The number of unbranched alkanes of at least 4 members (excludes halogenated alkanes) is 1. The van der Waals surface area contributed by atoms with Crippen molar-refractivity contribution in [3.05, 3.63) is 42.0 Å². The Kier molecular flexibility index (Phi) is 5.39. The van der Waals surface area contributed by atoms with Gasteiger partial charge in [-0.2, -0.15) is 0 Å². The van der Waals surface area contributed by atoms with Crippen LogP contribution in [0.2, 0.25) is 0 Å². The van der Waals surface area contributed by atoms with E-state index in [-0.39, 0.29) is 12.3 Å². The van der Waals surface area contributed by atoms with E-state index in [0.717, 1.165) is 30.6 Å². The Morgan fingerprint density at radius 2 is 2.00 bits per heavy atom. The predicted molar refractivity (Wildman–Crippen MR) is 87.4 cm³/mol. The van der Waals surface area contributed by atoms with Gasteiger partial charge < -0.3 is 5.32 Å². The molecule has 1 aromatic carbocycles. The average molecular weight is 341 g/mol. The number of benzene rings is 1. The van der Waals surface area contributed by atoms with E-state index in [0.29, 0.717) is 12.4 Å². The molecule has 0 saturated heterocycles. The van der Waals surface area contributed by atoms with Crippen molar-refractivity contribution in [1.29, 1.82) is 0 Å². The summed E-state index contributed by atoms with van der Waals surface area (Å²) in [6.45, 7) is 3.18. The minimum atomic E-state index is -0.0831. The molecule has 1 N–H and O–H groups in total. The zero-order chi connectivity index (χ0) is 17.5. The number of hydrogen-bond donors (Lipinski definition) is 1. The molecule has 1 amide bonds. The monoisotopic (exact) mass is 341 g/mol. The molecule has 0 spiro atoms. The third-order valence-corrected chi connectivity index (χ3v) is 3.69. The number of carbonyl (C=O) groups is 1. The second-order valence-corrected chi connectivity index (χ2v) is 5.55. The highest BCUT2D eigenvalue weighted by atomic mass is 16.1. The summed E-state index contributed by atoms with van der Waals surface area (Å²) < 4.78 is 3.28. The molecule has 2 aromatic heterocycles. The lowest BCUT2D eigenvalue weighted by Crippen LogP contribution is -2.26. The fourth-order valence-electron chi connectivity index (χ4n) is 2.30. The van der Waals surface area contributed by atoms with Gasteiger partial charge in [-0.1, -0.05) is 25.5 Å². The van der Waals surface area contributed by atoms with E-state index in [1.54, 1.807) is 9.36 Å². The molecule has 10 nitrogen and oxygen atoms in total. The van der Waals surface area contributed by atoms with Gasteiger partial charge in [-0.25, -0.2) is 9.36 Å². The lowest BCUT2D eigenvalue weighted by atomic mass is 10.1. The van der Waals surface area contributed by atoms with Crippen LogP contribution in [0.25, 0.3) is 5.69 Å². The van der Waals surface area contributed by atoms with E-state index in [1.165, 1.54) is 6.33 Å². The molecule has 25 heavy (non-hydrogen) atoms. The summed E-state index contributed by atoms with van der Waals surface area (Å²) in [5.74, 6) is 0.580. The molecule has 2 heterocycles. The molecule has 3 rings (SSSR count). The summed E-state index contributed by atoms with van der Waals surface area (Å²) in [4.78, 5) is 12.1. The van der Waals surface area contributed by atoms with Crippen LogP contribution in [0.1, 0.15) is 31.2 Å². The first kappa shape index (κ1) is 16.7. The number of rotatable bonds is 8. The maximum Gasteiger partial charge on any atom is 0.224 e. The Hall–Kier alpha value is -3.17. The van der Waals surface area contributed by atoms with Gasteiger partial charge in [0.15, 0.2) is 5.82 Å². The van der Waals surface area contributed by atoms with E-state index in [4.69, 9.17) is 0 Å². The van der Waals surface area contributed by atoms with Crippen LogP contribution in [0.4, 0.5) is 0 Å². The molecule has 3 aromatic rings. The highest BCUT2D eigenvalue weighted by molar-refractivity contribution is 5.78. The first-order valence-electron chi connectivity index (χ1n) is 8.10. The van der Waals surface area contributed by atoms with Crippen molar-refractivity contribution in [3.63, 3.8) is 0 Å². The zero-order valence-electron chi connectivity index (χ0n) is 13.9. The summed E-state index contributed by atoms with van der Waals surface area (Å²) in [5, 5.41) is 25.4. The summed E-state index contributed by atoms with van der Waals surface area (Å²) in [5.41, 5.74) is 1.74. The summed E-state index contributed by atoms with van der Waals surface area (Å²) in [7, 11) is 0. The first-order valence-corrected chi connectivity index (χ1v) is 8.10. The average Bonchev–Trinajstić information content (AvgIpc) is 3.30. The SMILES string of the molecule is CCCCn1nnnc1CNC(=O)Cc1ccc(-n2cnnn2)cc1. The molecule has 0 bridgehead atoms. The molecule has 0 aliphatic rings. The fraction of sp³-hybridized carbons (Fsp3) is 0.400. The molecular formula is C15H19N9O. The van der Waals surface area contributed by atoms with Gasteiger partial charge in [0.25, 0.3) is 0 Å². The fourth-order valence-corrected chi connectivity index (χ4v) is 2.30. The standard InChI is InChI=1S/C15H19N9O/c1-2-3-8-23-14(18-20-22-23)10-16-15(25)9-12-4-6-13(7-5-12)24-11-17-19-21-24/h4-7,11H,2-3,8-10H2,1H3,(H,16,25). The maximum atomic E-state index is 12.1. The van der Waals surface area contributed by atoms with Crippen molar-refractivity contribution < 1.29 is 4.79 Å². The van der Waals surface area contributed by atoms with Crippen LogP contribution in [-0.2, 0) is 24.3 Å². The Labute approximate surface area is 144 Å². The topological polar surface area (TPSA) is 116 Å². The van der Waals surface area contributed by atoms with Gasteiger partial charge in [0.1, 0.15) is 6.33 Å². The molecule has 0 atom stereocenters. The summed E-state index contributed by atoms with van der Waals surface area (Å²) >= 11 is 0. The molecule has 10 heteroatoms. The van der Waals surface area contributed by atoms with Gasteiger partial charge in [0.05, 0.1) is 18.7 Å². The lowest BCUT2D eigenvalue weighted by Gasteiger charge is -2.07. The lowest BCUT2D eigenvalue weighted by molar-refractivity contribution is -0.120. The van der Waals surface area contributed by atoms with E-state index in [9.17, 15) is 4.79 Å². The van der Waals surface area contributed by atoms with Crippen molar-refractivity contribution in [2.45, 2.75) is 39.3 Å². The summed E-state index contributed by atoms with van der Waals surface area (Å²) in [6, 6.07) is 7.48. The van der Waals surface area contributed by atoms with Crippen LogP contribution in [-0.4, -0.2) is 46.3 Å². The summed E-state index contributed by atoms with van der Waals surface area (Å²) in [6.07, 6.45) is 3.86. The molecule has 0 aliphatic heterocycles. The van der Waals surface area contributed by atoms with Gasteiger partial charge >= 0.3 is 0 Å². The van der Waals surface area contributed by atoms with Crippen molar-refractivity contribution >= 4 is 5.91 Å². The number of tetrazole rings is 2. The van der Waals surface area contributed by atoms with Crippen LogP contribution in [0.15, 0.2) is 30.6 Å². The first-order chi connectivity index (χ1) is 12.3. The quantitative estimate of drug-likeness (QED) is 0.626. The molecule has 0 unspecified atom stereocenters. The number of amides is 1. The number of carbonyl (C=O) groups excluding carboxylic acids is 1. The van der Waals surface area contributed by atoms with Gasteiger partial charge in [-0.3, -0.25) is 4.79 Å². The van der Waals surface area contributed by atoms with Crippen LogP contribution >= 0.6 is 0 Å². The Morgan fingerprint density at radius 1 is 1.16 bits per heavy atom. The number of nitrogens with zero attached hydrogens (tertiary/aromatic N) is 8. The van der Waals surface area contributed by atoms with Gasteiger partial charge in [0.2, 0.25) is 5.91 Å². The molecule has 0 saturated carbocycles. The Morgan fingerprint density at radius 3 is 2.72 bits per heavy atom. The Balaban J connectivity index is 1.52. The van der Waals surface area contributed by atoms with E-state index < -0.39 is 0 Å². The van der Waals surface area contributed by atoms with Crippen LogP contribution in [0.3, 0.4) is 0 Å². The van der Waals surface area contributed by atoms with E-state index in [2.05, 4.69) is 43.3 Å². The predicted octanol–water partition coefficient (Wildman–Crippen LogP) is 0.308. The van der Waals surface area contributed by atoms with Crippen molar-refractivity contribution in [2.24, 2.45) is 0 Å². The van der Waals surface area contributed by atoms with Crippen LogP contribution < -0.4 is 5.32 Å². The van der Waals surface area contributed by atoms with Crippen molar-refractivity contribution in [3.8, 4) is 5.69 Å². The molecule has 130 valence electrons. The van der Waals surface area contributed by atoms with E-state index >= 15 is 0 Å². The van der Waals surface area contributed by atoms with Crippen molar-refractivity contribution in [1.82, 2.24) is 45.7 Å². The number of nitrogens with one attached hydrogen (secondary N) is 1. The largest absolute Gasteiger partial charge is 0.348 e. The minimum Gasteiger partial charge on any atom is -0.348 e. The third-order valence-electron chi connectivity index (χ3n) is 3.69. The second kappa shape index (κ2) is 8.08. The highest BCUT2D eigenvalue weighted by Crippen LogP contribution is 2.08. The number of aryl methyl sites for hydroxylation is 1. The van der Waals surface area contributed by atoms with Gasteiger partial charge in [-0.05, 0) is 45.0 Å². The minimum absolute atomic E-state index is 0.0831. The van der Waals surface area contributed by atoms with E-state index in [1.807, 2.05) is 24.3 Å². The number of aromatic nitrogens is 8. The molecular weight excluding hydrogens is 322 g/mol. The maximum absolute atomic E-state index is 12.1. The third kappa shape index (κ3) is 4.43. The van der Waals surface area contributed by atoms with Crippen molar-refractivity contribution in [2.75, 3.05) is 0 Å². The molecule has 0 radical (unpaired) electrons.